The minimum absolute atomic E-state index is 0.274. The van der Waals surface area contributed by atoms with Crippen molar-refractivity contribution in [2.24, 2.45) is 0 Å². The number of anilines is 3. The Bertz CT molecular complexity index is 876. The molecule has 7 nitrogen and oxygen atoms in total. The van der Waals surface area contributed by atoms with E-state index in [2.05, 4.69) is 41.7 Å². The second-order valence-electron chi connectivity index (χ2n) is 5.16. The fourth-order valence-electron chi connectivity index (χ4n) is 2.01. The summed E-state index contributed by atoms with van der Waals surface area (Å²) in [5, 5.41) is 9.52. The molecule has 8 heteroatoms. The molecule has 0 saturated heterocycles. The van der Waals surface area contributed by atoms with Crippen molar-refractivity contribution in [2.75, 3.05) is 10.6 Å². The lowest BCUT2D eigenvalue weighted by Crippen LogP contribution is -2.13. The van der Waals surface area contributed by atoms with Gasteiger partial charge < -0.3 is 15.2 Å². The van der Waals surface area contributed by atoms with Crippen molar-refractivity contribution in [3.05, 3.63) is 58.0 Å². The molecule has 2 heterocycles. The highest BCUT2D eigenvalue weighted by Crippen LogP contribution is 2.20. The van der Waals surface area contributed by atoms with Crippen molar-refractivity contribution >= 4 is 39.3 Å². The molecule has 2 aromatic heterocycles. The predicted octanol–water partition coefficient (Wildman–Crippen LogP) is 3.84. The lowest BCUT2D eigenvalue weighted by molar-refractivity contribution is 0.102. The van der Waals surface area contributed by atoms with E-state index in [0.29, 0.717) is 23.1 Å². The third-order valence-electron chi connectivity index (χ3n) is 3.22. The van der Waals surface area contributed by atoms with Gasteiger partial charge in [-0.1, -0.05) is 21.1 Å². The van der Waals surface area contributed by atoms with E-state index in [1.54, 1.807) is 13.0 Å². The van der Waals surface area contributed by atoms with Crippen LogP contribution in [0.3, 0.4) is 0 Å². The molecule has 0 atom stereocenters. The quantitative estimate of drug-likeness (QED) is 0.706. The van der Waals surface area contributed by atoms with Crippen LogP contribution in [0.15, 0.2) is 45.7 Å². The normalized spacial score (nSPS) is 10.5. The highest BCUT2D eigenvalue weighted by atomic mass is 79.9. The van der Waals surface area contributed by atoms with Crippen LogP contribution < -0.4 is 10.6 Å². The molecule has 1 aromatic carbocycles. The van der Waals surface area contributed by atoms with Gasteiger partial charge in [-0.25, -0.2) is 9.97 Å². The number of nitrogens with one attached hydrogen (secondary N) is 2. The number of halogens is 1. The number of hydrogen-bond donors (Lipinski definition) is 2. The lowest BCUT2D eigenvalue weighted by Gasteiger charge is -2.08. The van der Waals surface area contributed by atoms with E-state index in [-0.39, 0.29) is 5.91 Å². The maximum Gasteiger partial charge on any atom is 0.258 e. The van der Waals surface area contributed by atoms with Crippen LogP contribution in [0.5, 0.6) is 0 Å². The molecule has 24 heavy (non-hydrogen) atoms. The zero-order valence-electron chi connectivity index (χ0n) is 13.0. The summed E-state index contributed by atoms with van der Waals surface area (Å²) in [5.74, 6) is 1.25. The van der Waals surface area contributed by atoms with Crippen molar-refractivity contribution in [2.45, 2.75) is 13.8 Å². The van der Waals surface area contributed by atoms with Crippen LogP contribution in [0.1, 0.15) is 21.7 Å². The van der Waals surface area contributed by atoms with Crippen molar-refractivity contribution in [1.29, 1.82) is 0 Å². The van der Waals surface area contributed by atoms with Crippen LogP contribution in [0.4, 0.5) is 17.5 Å². The number of aromatic nitrogens is 3. The van der Waals surface area contributed by atoms with Crippen LogP contribution in [0, 0.1) is 13.8 Å². The fourth-order valence-corrected chi connectivity index (χ4v) is 2.49. The van der Waals surface area contributed by atoms with E-state index < -0.39 is 0 Å². The van der Waals surface area contributed by atoms with Crippen molar-refractivity contribution < 1.29 is 9.32 Å². The highest BCUT2D eigenvalue weighted by Gasteiger charge is 2.10. The van der Waals surface area contributed by atoms with Gasteiger partial charge in [0.2, 0.25) is 5.95 Å². The Balaban J connectivity index is 1.69. The molecule has 0 aliphatic rings. The molecule has 3 aromatic rings. The Morgan fingerprint density at radius 1 is 1.17 bits per heavy atom. The predicted molar refractivity (Wildman–Crippen MR) is 93.4 cm³/mol. The number of aryl methyl sites for hydroxylation is 2. The molecule has 0 unspecified atom stereocenters. The summed E-state index contributed by atoms with van der Waals surface area (Å²) in [5.41, 5.74) is 2.06. The number of nitrogens with zero attached hydrogens (tertiary/aromatic N) is 3. The Morgan fingerprint density at radius 3 is 2.54 bits per heavy atom. The minimum Gasteiger partial charge on any atom is -0.360 e. The van der Waals surface area contributed by atoms with Gasteiger partial charge in [-0.3, -0.25) is 4.79 Å². The van der Waals surface area contributed by atoms with Gasteiger partial charge in [0.1, 0.15) is 5.76 Å². The smallest absolute Gasteiger partial charge is 0.258 e. The van der Waals surface area contributed by atoms with E-state index >= 15 is 0 Å². The van der Waals surface area contributed by atoms with Crippen molar-refractivity contribution in [1.82, 2.24) is 15.1 Å². The number of carbonyl (C=O) groups is 1. The number of benzene rings is 1. The molecule has 122 valence electrons. The lowest BCUT2D eigenvalue weighted by atomic mass is 10.2. The van der Waals surface area contributed by atoms with Gasteiger partial charge in [0.25, 0.3) is 5.91 Å². The summed E-state index contributed by atoms with van der Waals surface area (Å²) >= 11 is 3.39. The van der Waals surface area contributed by atoms with Gasteiger partial charge in [0, 0.05) is 28.6 Å². The van der Waals surface area contributed by atoms with Gasteiger partial charge in [-0.05, 0) is 37.6 Å². The first kappa shape index (κ1) is 16.1. The molecular formula is C16H14BrN5O2. The largest absolute Gasteiger partial charge is 0.360 e. The van der Waals surface area contributed by atoms with Crippen molar-refractivity contribution in [3.8, 4) is 0 Å². The van der Waals surface area contributed by atoms with Crippen LogP contribution in [0.25, 0.3) is 0 Å². The molecule has 0 bridgehead atoms. The number of amides is 1. The maximum absolute atomic E-state index is 12.3. The first-order chi connectivity index (χ1) is 11.5. The molecule has 0 fully saturated rings. The molecule has 0 aliphatic heterocycles. The van der Waals surface area contributed by atoms with Crippen LogP contribution in [0.2, 0.25) is 0 Å². The average molecular weight is 388 g/mol. The second kappa shape index (κ2) is 6.79. The molecule has 3 rings (SSSR count). The molecule has 2 N–H and O–H groups in total. The topological polar surface area (TPSA) is 92.9 Å². The van der Waals surface area contributed by atoms with E-state index in [9.17, 15) is 4.79 Å². The summed E-state index contributed by atoms with van der Waals surface area (Å²) in [7, 11) is 0. The number of rotatable bonds is 4. The SMILES string of the molecule is Cc1cc(Nc2ncc(C(=O)Nc3ccc(Br)cc3C)cn2)no1. The molecule has 1 amide bonds. The van der Waals surface area contributed by atoms with E-state index in [1.165, 1.54) is 12.4 Å². The van der Waals surface area contributed by atoms with Gasteiger partial charge in [0.15, 0.2) is 5.82 Å². The number of hydrogen-bond acceptors (Lipinski definition) is 6. The third-order valence-corrected chi connectivity index (χ3v) is 3.71. The average Bonchev–Trinajstić information content (AvgIpc) is 2.96. The Morgan fingerprint density at radius 2 is 1.92 bits per heavy atom. The summed E-state index contributed by atoms with van der Waals surface area (Å²) in [6.07, 6.45) is 2.90. The van der Waals surface area contributed by atoms with E-state index in [4.69, 9.17) is 4.52 Å². The van der Waals surface area contributed by atoms with Crippen molar-refractivity contribution in [3.63, 3.8) is 0 Å². The number of carbonyl (C=O) groups excluding carboxylic acids is 1. The van der Waals surface area contributed by atoms with Gasteiger partial charge >= 0.3 is 0 Å². The molecule has 0 spiro atoms. The monoisotopic (exact) mass is 387 g/mol. The Labute approximate surface area is 146 Å². The maximum atomic E-state index is 12.3. The summed E-state index contributed by atoms with van der Waals surface area (Å²) in [6.45, 7) is 3.71. The second-order valence-corrected chi connectivity index (χ2v) is 6.07. The Kier molecular flexibility index (Phi) is 4.57. The van der Waals surface area contributed by atoms with Gasteiger partial charge in [-0.15, -0.1) is 0 Å². The van der Waals surface area contributed by atoms with E-state index in [0.717, 1.165) is 15.7 Å². The zero-order chi connectivity index (χ0) is 17.1. The van der Waals surface area contributed by atoms with Gasteiger partial charge in [0.05, 0.1) is 5.56 Å². The first-order valence-electron chi connectivity index (χ1n) is 7.11. The molecule has 0 aliphatic carbocycles. The van der Waals surface area contributed by atoms with Gasteiger partial charge in [-0.2, -0.15) is 0 Å². The standard InChI is InChI=1S/C16H14BrN5O2/c1-9-5-12(17)3-4-13(9)20-15(23)11-7-18-16(19-8-11)21-14-6-10(2)24-22-14/h3-8H,1-2H3,(H,20,23)(H,18,19,21,22). The van der Waals surface area contributed by atoms with Crippen LogP contribution in [-0.2, 0) is 0 Å². The third kappa shape index (κ3) is 3.77. The summed E-state index contributed by atoms with van der Waals surface area (Å²) in [6, 6.07) is 7.35. The van der Waals surface area contributed by atoms with Crippen LogP contribution >= 0.6 is 15.9 Å². The molecule has 0 saturated carbocycles. The first-order valence-corrected chi connectivity index (χ1v) is 7.90. The summed E-state index contributed by atoms with van der Waals surface area (Å²) < 4.78 is 5.91. The molecule has 0 radical (unpaired) electrons. The zero-order valence-corrected chi connectivity index (χ0v) is 14.6. The van der Waals surface area contributed by atoms with E-state index in [1.807, 2.05) is 25.1 Å². The summed E-state index contributed by atoms with van der Waals surface area (Å²) in [4.78, 5) is 20.5. The highest BCUT2D eigenvalue weighted by molar-refractivity contribution is 9.10. The molecular weight excluding hydrogens is 374 g/mol. The Hall–Kier alpha value is -2.74. The fraction of sp³-hybridized carbons (Fsp3) is 0.125. The van der Waals surface area contributed by atoms with Crippen LogP contribution in [-0.4, -0.2) is 21.0 Å². The minimum atomic E-state index is -0.274.